The third-order valence-corrected chi connectivity index (χ3v) is 2.82. The maximum atomic E-state index is 11.8. The molecule has 0 saturated carbocycles. The molecule has 1 atom stereocenters. The fourth-order valence-corrected chi connectivity index (χ4v) is 1.82. The van der Waals surface area contributed by atoms with Gasteiger partial charge in [0.15, 0.2) is 0 Å². The van der Waals surface area contributed by atoms with Crippen LogP contribution in [0.15, 0.2) is 23.1 Å². The standard InChI is InChI=1S/C12H17N3O3/c16-11-10(2-1-3-14-11)12(17)15-7-9-6-13-4-5-18-8-9/h1-3,9,13H,4-8H2,(H,14,16)(H,15,17). The van der Waals surface area contributed by atoms with Crippen LogP contribution in [-0.4, -0.2) is 43.7 Å². The smallest absolute Gasteiger partial charge is 0.260 e. The molecule has 1 aromatic rings. The van der Waals surface area contributed by atoms with Gasteiger partial charge in [0, 0.05) is 31.7 Å². The van der Waals surface area contributed by atoms with E-state index in [0.717, 1.165) is 13.1 Å². The number of amides is 1. The maximum absolute atomic E-state index is 11.8. The Hall–Kier alpha value is -1.66. The van der Waals surface area contributed by atoms with Crippen molar-refractivity contribution < 1.29 is 9.53 Å². The fraction of sp³-hybridized carbons (Fsp3) is 0.500. The van der Waals surface area contributed by atoms with E-state index in [1.54, 1.807) is 6.07 Å². The second kappa shape index (κ2) is 6.32. The van der Waals surface area contributed by atoms with Crippen molar-refractivity contribution in [3.63, 3.8) is 0 Å². The molecule has 1 fully saturated rings. The molecule has 2 heterocycles. The highest BCUT2D eigenvalue weighted by Gasteiger charge is 2.15. The molecule has 0 aliphatic carbocycles. The van der Waals surface area contributed by atoms with Gasteiger partial charge < -0.3 is 20.4 Å². The van der Waals surface area contributed by atoms with E-state index >= 15 is 0 Å². The van der Waals surface area contributed by atoms with Gasteiger partial charge in [-0.05, 0) is 12.1 Å². The number of hydrogen-bond donors (Lipinski definition) is 3. The SMILES string of the molecule is O=C(NCC1CNCCOC1)c1ccc[nH]c1=O. The molecule has 0 bridgehead atoms. The van der Waals surface area contributed by atoms with Gasteiger partial charge in [0.1, 0.15) is 5.56 Å². The Kier molecular flexibility index (Phi) is 4.49. The molecule has 1 unspecified atom stereocenters. The number of nitrogens with one attached hydrogen (secondary N) is 3. The summed E-state index contributed by atoms with van der Waals surface area (Å²) in [6.45, 7) is 3.47. The number of aromatic nitrogens is 1. The molecule has 6 nitrogen and oxygen atoms in total. The summed E-state index contributed by atoms with van der Waals surface area (Å²) in [6.07, 6.45) is 1.50. The monoisotopic (exact) mass is 251 g/mol. The molecular formula is C12H17N3O3. The lowest BCUT2D eigenvalue weighted by Gasteiger charge is -2.14. The van der Waals surface area contributed by atoms with E-state index in [2.05, 4.69) is 15.6 Å². The molecule has 1 aromatic heterocycles. The molecule has 0 radical (unpaired) electrons. The number of H-pyrrole nitrogens is 1. The molecule has 1 aliphatic rings. The average Bonchev–Trinajstić information content (AvgIpc) is 2.65. The van der Waals surface area contributed by atoms with Gasteiger partial charge in [0.2, 0.25) is 0 Å². The van der Waals surface area contributed by atoms with Crippen molar-refractivity contribution in [2.45, 2.75) is 0 Å². The highest BCUT2D eigenvalue weighted by molar-refractivity contribution is 5.93. The molecule has 3 N–H and O–H groups in total. The first kappa shape index (κ1) is 12.8. The van der Waals surface area contributed by atoms with Crippen molar-refractivity contribution >= 4 is 5.91 Å². The summed E-state index contributed by atoms with van der Waals surface area (Å²) in [6, 6.07) is 3.14. The third-order valence-electron chi connectivity index (χ3n) is 2.82. The van der Waals surface area contributed by atoms with Gasteiger partial charge in [-0.1, -0.05) is 0 Å². The van der Waals surface area contributed by atoms with Crippen LogP contribution >= 0.6 is 0 Å². The normalized spacial score (nSPS) is 20.1. The Bertz CT molecular complexity index is 450. The predicted molar refractivity (Wildman–Crippen MR) is 66.6 cm³/mol. The van der Waals surface area contributed by atoms with Crippen molar-refractivity contribution in [2.24, 2.45) is 5.92 Å². The van der Waals surface area contributed by atoms with E-state index in [4.69, 9.17) is 4.74 Å². The fourth-order valence-electron chi connectivity index (χ4n) is 1.82. The third kappa shape index (κ3) is 3.41. The lowest BCUT2D eigenvalue weighted by molar-refractivity contribution is 0.0920. The summed E-state index contributed by atoms with van der Waals surface area (Å²) >= 11 is 0. The van der Waals surface area contributed by atoms with Gasteiger partial charge in [-0.25, -0.2) is 0 Å². The number of carbonyl (C=O) groups is 1. The zero-order valence-corrected chi connectivity index (χ0v) is 10.1. The molecule has 1 aliphatic heterocycles. The largest absolute Gasteiger partial charge is 0.380 e. The van der Waals surface area contributed by atoms with Crippen LogP contribution in [-0.2, 0) is 4.74 Å². The minimum Gasteiger partial charge on any atom is -0.380 e. The first-order valence-electron chi connectivity index (χ1n) is 6.02. The van der Waals surface area contributed by atoms with Crippen LogP contribution in [0, 0.1) is 5.92 Å². The van der Waals surface area contributed by atoms with Crippen LogP contribution in [0.2, 0.25) is 0 Å². The highest BCUT2D eigenvalue weighted by atomic mass is 16.5. The number of aromatic amines is 1. The second-order valence-electron chi connectivity index (χ2n) is 4.27. The summed E-state index contributed by atoms with van der Waals surface area (Å²) in [4.78, 5) is 25.7. The number of pyridine rings is 1. The molecular weight excluding hydrogens is 234 g/mol. The lowest BCUT2D eigenvalue weighted by atomic mass is 10.1. The second-order valence-corrected chi connectivity index (χ2v) is 4.27. The van der Waals surface area contributed by atoms with E-state index in [0.29, 0.717) is 19.8 Å². The summed E-state index contributed by atoms with van der Waals surface area (Å²) in [5.41, 5.74) is -0.231. The van der Waals surface area contributed by atoms with E-state index in [1.165, 1.54) is 12.3 Å². The number of rotatable bonds is 3. The first-order chi connectivity index (χ1) is 8.77. The minimum absolute atomic E-state index is 0.139. The Labute approximate surface area is 105 Å². The quantitative estimate of drug-likeness (QED) is 0.666. The minimum atomic E-state index is -0.370. The number of carbonyl (C=O) groups excluding carboxylic acids is 1. The molecule has 98 valence electrons. The van der Waals surface area contributed by atoms with E-state index < -0.39 is 0 Å². The Balaban J connectivity index is 1.88. The summed E-state index contributed by atoms with van der Waals surface area (Å²) in [7, 11) is 0. The van der Waals surface area contributed by atoms with Crippen molar-refractivity contribution in [3.05, 3.63) is 34.2 Å². The average molecular weight is 251 g/mol. The highest BCUT2D eigenvalue weighted by Crippen LogP contribution is 1.99. The van der Waals surface area contributed by atoms with Crippen LogP contribution in [0.4, 0.5) is 0 Å². The van der Waals surface area contributed by atoms with Crippen LogP contribution in [0.1, 0.15) is 10.4 Å². The Morgan fingerprint density at radius 1 is 1.56 bits per heavy atom. The molecule has 1 saturated heterocycles. The van der Waals surface area contributed by atoms with Crippen molar-refractivity contribution in [3.8, 4) is 0 Å². The lowest BCUT2D eigenvalue weighted by Crippen LogP contribution is -2.37. The first-order valence-corrected chi connectivity index (χ1v) is 6.02. The van der Waals surface area contributed by atoms with Gasteiger partial charge in [-0.15, -0.1) is 0 Å². The van der Waals surface area contributed by atoms with Gasteiger partial charge in [-0.3, -0.25) is 9.59 Å². The van der Waals surface area contributed by atoms with Crippen LogP contribution in [0.25, 0.3) is 0 Å². The maximum Gasteiger partial charge on any atom is 0.260 e. The molecule has 6 heteroatoms. The van der Waals surface area contributed by atoms with Crippen LogP contribution < -0.4 is 16.2 Å². The zero-order valence-electron chi connectivity index (χ0n) is 10.1. The Morgan fingerprint density at radius 2 is 2.44 bits per heavy atom. The molecule has 1 amide bonds. The number of hydrogen-bond acceptors (Lipinski definition) is 4. The topological polar surface area (TPSA) is 83.2 Å². The molecule has 18 heavy (non-hydrogen) atoms. The van der Waals surface area contributed by atoms with Crippen LogP contribution in [0.5, 0.6) is 0 Å². The molecule has 2 rings (SSSR count). The Morgan fingerprint density at radius 3 is 3.28 bits per heavy atom. The summed E-state index contributed by atoms with van der Waals surface area (Å²) < 4.78 is 5.39. The van der Waals surface area contributed by atoms with Crippen molar-refractivity contribution in [1.29, 1.82) is 0 Å². The van der Waals surface area contributed by atoms with Crippen molar-refractivity contribution in [2.75, 3.05) is 32.8 Å². The van der Waals surface area contributed by atoms with Gasteiger partial charge >= 0.3 is 0 Å². The van der Waals surface area contributed by atoms with Gasteiger partial charge in [0.05, 0.1) is 13.2 Å². The predicted octanol–water partition coefficient (Wildman–Crippen LogP) is -0.659. The molecule has 0 aromatic carbocycles. The zero-order chi connectivity index (χ0) is 12.8. The summed E-state index contributed by atoms with van der Waals surface area (Å²) in [5.74, 6) is -0.111. The summed E-state index contributed by atoms with van der Waals surface area (Å²) in [5, 5.41) is 5.99. The number of ether oxygens (including phenoxy) is 1. The van der Waals surface area contributed by atoms with Crippen LogP contribution in [0.3, 0.4) is 0 Å². The van der Waals surface area contributed by atoms with Crippen molar-refractivity contribution in [1.82, 2.24) is 15.6 Å². The van der Waals surface area contributed by atoms with E-state index in [9.17, 15) is 9.59 Å². The van der Waals surface area contributed by atoms with E-state index in [-0.39, 0.29) is 22.9 Å². The molecule has 0 spiro atoms. The van der Waals surface area contributed by atoms with Gasteiger partial charge in [0.25, 0.3) is 11.5 Å². The van der Waals surface area contributed by atoms with E-state index in [1.807, 2.05) is 0 Å². The van der Waals surface area contributed by atoms with Gasteiger partial charge in [-0.2, -0.15) is 0 Å².